The molecule has 1 aliphatic rings. The minimum absolute atomic E-state index is 0. The first kappa shape index (κ1) is 25.1. The first-order valence-electron chi connectivity index (χ1n) is 11.9. The number of nitrogens with one attached hydrogen (secondary N) is 3. The fourth-order valence-corrected chi connectivity index (χ4v) is 4.47. The van der Waals surface area contributed by atoms with Crippen molar-refractivity contribution in [2.45, 2.75) is 19.0 Å². The highest BCUT2D eigenvalue weighted by atomic mass is 32.2. The van der Waals surface area contributed by atoms with Crippen LogP contribution in [0.5, 0.6) is 0 Å². The molecule has 0 saturated heterocycles. The molecule has 2 aromatic heterocycles. The molecule has 1 amide bonds. The Bertz CT molecular complexity index is 1350. The van der Waals surface area contributed by atoms with E-state index in [0.29, 0.717) is 5.75 Å². The van der Waals surface area contributed by atoms with Gasteiger partial charge in [-0.25, -0.2) is 4.80 Å². The summed E-state index contributed by atoms with van der Waals surface area (Å²) in [6, 6.07) is 18.6. The molecule has 3 heterocycles. The molecule has 0 spiro atoms. The van der Waals surface area contributed by atoms with Gasteiger partial charge in [0.25, 0.3) is 0 Å². The van der Waals surface area contributed by atoms with E-state index in [2.05, 4.69) is 56.2 Å². The third kappa shape index (κ3) is 6.34. The lowest BCUT2D eigenvalue weighted by molar-refractivity contribution is -0.113. The van der Waals surface area contributed by atoms with Gasteiger partial charge in [0.05, 0.1) is 5.75 Å². The van der Waals surface area contributed by atoms with E-state index in [1.165, 1.54) is 17.3 Å². The lowest BCUT2D eigenvalue weighted by atomic mass is 9.93. The number of rotatable bonds is 7. The van der Waals surface area contributed by atoms with Crippen molar-refractivity contribution < 1.29 is 7.65 Å². The van der Waals surface area contributed by atoms with Crippen LogP contribution in [0, 0.1) is 0 Å². The largest absolute Gasteiger partial charge is 0.387 e. The number of amides is 1. The van der Waals surface area contributed by atoms with E-state index < -0.39 is 0 Å². The van der Waals surface area contributed by atoms with Crippen LogP contribution in [0.4, 0.5) is 5.69 Å². The van der Waals surface area contributed by atoms with Crippen molar-refractivity contribution in [3.8, 4) is 22.3 Å². The van der Waals surface area contributed by atoms with Crippen LogP contribution in [0.15, 0.2) is 90.5 Å². The summed E-state index contributed by atoms with van der Waals surface area (Å²) in [6.45, 7) is 4.81. The Labute approximate surface area is 218 Å². The SMILES string of the molecule is CC.Cn1nc(SCC(=O)Nc2ccc(-c3cc(C4=CCNC=C4)cc(-c4ccncc4)c3)cc2)[nH]1.[HH].[HH]. The molecule has 0 aliphatic carbocycles. The van der Waals surface area contributed by atoms with Gasteiger partial charge in [-0.15, -0.1) is 5.10 Å². The molecule has 5 rings (SSSR count). The average molecular weight is 503 g/mol. The van der Waals surface area contributed by atoms with Crippen molar-refractivity contribution in [2.75, 3.05) is 17.6 Å². The number of dihydropyridines is 1. The first-order valence-corrected chi connectivity index (χ1v) is 12.9. The standard InChI is InChI=1S/C26H24N6OS.C2H6.2H2/c1-32-30-26(31-32)34-17-25(33)29-24-4-2-18(3-5-24)21-14-22(19-6-10-27-11-7-19)16-23(15-21)20-8-12-28-13-9-20;1-2;;/h2-12,14-16,28H,13,17H2,1H3,(H,29,33)(H,30,31);1-2H3;2*1H. The summed E-state index contributed by atoms with van der Waals surface area (Å²) in [6.07, 6.45) is 9.89. The van der Waals surface area contributed by atoms with Gasteiger partial charge in [0.15, 0.2) is 0 Å². The molecule has 8 heteroatoms. The summed E-state index contributed by atoms with van der Waals surface area (Å²) >= 11 is 1.37. The molecule has 0 bridgehead atoms. The molecule has 7 nitrogen and oxygen atoms in total. The molecule has 0 unspecified atom stereocenters. The van der Waals surface area contributed by atoms with E-state index in [0.717, 1.165) is 45.2 Å². The van der Waals surface area contributed by atoms with Gasteiger partial charge in [-0.2, -0.15) is 0 Å². The van der Waals surface area contributed by atoms with E-state index in [4.69, 9.17) is 0 Å². The van der Waals surface area contributed by atoms with Gasteiger partial charge in [-0.1, -0.05) is 43.8 Å². The zero-order chi connectivity index (χ0) is 25.3. The van der Waals surface area contributed by atoms with Crippen LogP contribution in [0.25, 0.3) is 27.8 Å². The number of carbonyl (C=O) groups is 1. The maximum Gasteiger partial charge on any atom is 0.234 e. The summed E-state index contributed by atoms with van der Waals surface area (Å²) in [5.41, 5.74) is 7.57. The van der Waals surface area contributed by atoms with Crippen molar-refractivity contribution in [1.82, 2.24) is 25.3 Å². The Balaban J connectivity index is 0.00000124. The van der Waals surface area contributed by atoms with Crippen LogP contribution in [0.3, 0.4) is 0 Å². The highest BCUT2D eigenvalue weighted by Crippen LogP contribution is 2.32. The Morgan fingerprint density at radius 3 is 2.25 bits per heavy atom. The monoisotopic (exact) mass is 502 g/mol. The number of benzene rings is 2. The van der Waals surface area contributed by atoms with E-state index in [9.17, 15) is 4.79 Å². The second kappa shape index (κ2) is 12.1. The number of nitrogens with zero attached hydrogens (tertiary/aromatic N) is 3. The van der Waals surface area contributed by atoms with Gasteiger partial charge >= 0.3 is 0 Å². The van der Waals surface area contributed by atoms with Crippen molar-refractivity contribution in [3.05, 3.63) is 90.9 Å². The predicted octanol–water partition coefficient (Wildman–Crippen LogP) is 6.23. The number of anilines is 1. The van der Waals surface area contributed by atoms with Crippen LogP contribution in [0.1, 0.15) is 22.3 Å². The minimum atomic E-state index is -0.0663. The molecule has 3 N–H and O–H groups in total. The highest BCUT2D eigenvalue weighted by molar-refractivity contribution is 7.99. The van der Waals surface area contributed by atoms with E-state index >= 15 is 0 Å². The predicted molar refractivity (Wildman–Crippen MR) is 153 cm³/mol. The Kier molecular flexibility index (Phi) is 8.41. The third-order valence-electron chi connectivity index (χ3n) is 5.44. The molecule has 0 fully saturated rings. The summed E-state index contributed by atoms with van der Waals surface area (Å²) in [7, 11) is 1.81. The quantitative estimate of drug-likeness (QED) is 0.261. The highest BCUT2D eigenvalue weighted by Gasteiger charge is 2.10. The van der Waals surface area contributed by atoms with Gasteiger partial charge in [0.2, 0.25) is 11.1 Å². The Hall–Kier alpha value is -4.04. The van der Waals surface area contributed by atoms with E-state index in [-0.39, 0.29) is 8.76 Å². The summed E-state index contributed by atoms with van der Waals surface area (Å²) in [4.78, 5) is 18.0. The molecule has 2 aromatic carbocycles. The molecule has 0 atom stereocenters. The number of allylic oxidation sites excluding steroid dienone is 2. The zero-order valence-electron chi connectivity index (χ0n) is 20.7. The van der Waals surface area contributed by atoms with Gasteiger partial charge in [-0.3, -0.25) is 14.9 Å². The molecular formula is C28H34N6OS. The van der Waals surface area contributed by atoms with Crippen LogP contribution in [0.2, 0.25) is 0 Å². The van der Waals surface area contributed by atoms with Crippen LogP contribution in [-0.4, -0.2) is 38.2 Å². The number of aromatic nitrogens is 4. The van der Waals surface area contributed by atoms with Crippen LogP contribution in [-0.2, 0) is 11.8 Å². The molecule has 4 aromatic rings. The van der Waals surface area contributed by atoms with Crippen LogP contribution >= 0.6 is 11.8 Å². The Morgan fingerprint density at radius 2 is 1.64 bits per heavy atom. The second-order valence-corrected chi connectivity index (χ2v) is 8.85. The molecule has 36 heavy (non-hydrogen) atoms. The molecule has 1 aliphatic heterocycles. The number of aromatic amines is 1. The lowest BCUT2D eigenvalue weighted by Crippen LogP contribution is -2.17. The number of hydrogen-bond acceptors (Lipinski definition) is 5. The number of aryl methyl sites for hydroxylation is 1. The van der Waals surface area contributed by atoms with Gasteiger partial charge < -0.3 is 10.6 Å². The number of pyridine rings is 1. The van der Waals surface area contributed by atoms with Gasteiger partial charge in [0, 0.05) is 34.5 Å². The van der Waals surface area contributed by atoms with Crippen molar-refractivity contribution in [2.24, 2.45) is 7.05 Å². The van der Waals surface area contributed by atoms with Crippen molar-refractivity contribution in [3.63, 3.8) is 0 Å². The smallest absolute Gasteiger partial charge is 0.234 e. The fourth-order valence-electron chi connectivity index (χ4n) is 3.76. The van der Waals surface area contributed by atoms with Gasteiger partial charge in [-0.05, 0) is 88.1 Å². The average Bonchev–Trinajstić information content (AvgIpc) is 2.93. The molecular weight excluding hydrogens is 468 g/mol. The second-order valence-electron chi connectivity index (χ2n) is 7.89. The fraction of sp³-hybridized carbons (Fsp3) is 0.179. The first-order chi connectivity index (χ1) is 17.6. The number of H-pyrrole nitrogens is 1. The van der Waals surface area contributed by atoms with Crippen molar-refractivity contribution in [1.29, 1.82) is 0 Å². The molecule has 0 saturated carbocycles. The summed E-state index contributed by atoms with van der Waals surface area (Å²) < 4.78 is 0. The summed E-state index contributed by atoms with van der Waals surface area (Å²) in [5, 5.41) is 14.0. The van der Waals surface area contributed by atoms with Crippen molar-refractivity contribution >= 4 is 28.9 Å². The van der Waals surface area contributed by atoms with E-state index in [1.54, 1.807) is 11.8 Å². The van der Waals surface area contributed by atoms with Crippen LogP contribution < -0.4 is 10.6 Å². The maximum absolute atomic E-state index is 12.3. The summed E-state index contributed by atoms with van der Waals surface area (Å²) in [5.74, 6) is 0.236. The minimum Gasteiger partial charge on any atom is -0.387 e. The normalized spacial score (nSPS) is 12.2. The van der Waals surface area contributed by atoms with Gasteiger partial charge in [0.1, 0.15) is 0 Å². The maximum atomic E-state index is 12.3. The molecule has 188 valence electrons. The number of hydrogen-bond donors (Lipinski definition) is 3. The number of carbonyl (C=O) groups excluding carboxylic acids is 1. The Morgan fingerprint density at radius 1 is 1.00 bits per heavy atom. The topological polar surface area (TPSA) is 87.6 Å². The third-order valence-corrected chi connectivity index (χ3v) is 6.29. The zero-order valence-corrected chi connectivity index (χ0v) is 21.5. The lowest BCUT2D eigenvalue weighted by Gasteiger charge is -2.14. The number of thioether (sulfide) groups is 1. The van der Waals surface area contributed by atoms with E-state index in [1.807, 2.05) is 68.8 Å². The molecule has 0 radical (unpaired) electrons.